The Labute approximate surface area is 68.5 Å². The zero-order valence-electron chi connectivity index (χ0n) is 6.07. The van der Waals surface area contributed by atoms with Crippen LogP contribution < -0.4 is 5.73 Å². The quantitative estimate of drug-likeness (QED) is 0.595. The Morgan fingerprint density at radius 1 is 1.64 bits per heavy atom. The second-order valence-electron chi connectivity index (χ2n) is 1.90. The van der Waals surface area contributed by atoms with Crippen LogP contribution in [0, 0.1) is 0 Å². The highest BCUT2D eigenvalue weighted by Crippen LogP contribution is 2.13. The van der Waals surface area contributed by atoms with Crippen molar-refractivity contribution in [1.29, 1.82) is 0 Å². The normalized spacial score (nSPS) is 12.1. The first-order chi connectivity index (χ1) is 5.07. The molecule has 0 spiro atoms. The van der Waals surface area contributed by atoms with E-state index >= 15 is 0 Å². The fourth-order valence-electron chi connectivity index (χ4n) is 0.510. The summed E-state index contributed by atoms with van der Waals surface area (Å²) in [5, 5.41) is -0.916. The topological polar surface area (TPSA) is 77.2 Å². The molecule has 5 heteroatoms. The molecule has 0 aromatic heterocycles. The van der Waals surface area contributed by atoms with Crippen LogP contribution in [0.15, 0.2) is 0 Å². The lowest BCUT2D eigenvalue weighted by Gasteiger charge is -2.04. The molecule has 0 bridgehead atoms. The molecular formula is C6H9NO3S. The lowest BCUT2D eigenvalue weighted by Crippen LogP contribution is -2.26. The van der Waals surface area contributed by atoms with Crippen molar-refractivity contribution in [2.24, 2.45) is 5.73 Å². The predicted molar refractivity (Wildman–Crippen MR) is 41.9 cm³/mol. The number of amides is 1. The fourth-order valence-corrected chi connectivity index (χ4v) is 1.20. The van der Waals surface area contributed by atoms with Crippen LogP contribution in [0.25, 0.3) is 0 Å². The van der Waals surface area contributed by atoms with E-state index in [1.807, 2.05) is 0 Å². The molecule has 0 saturated heterocycles. The molecule has 2 N–H and O–H groups in total. The van der Waals surface area contributed by atoms with Gasteiger partial charge in [-0.05, 0) is 0 Å². The van der Waals surface area contributed by atoms with Crippen LogP contribution in [0.1, 0.15) is 13.3 Å². The first-order valence-electron chi connectivity index (χ1n) is 2.98. The molecule has 62 valence electrons. The van der Waals surface area contributed by atoms with Gasteiger partial charge in [-0.25, -0.2) is 0 Å². The van der Waals surface area contributed by atoms with Gasteiger partial charge in [-0.2, -0.15) is 0 Å². The number of aldehydes is 1. The maximum atomic E-state index is 10.5. The van der Waals surface area contributed by atoms with E-state index in [4.69, 9.17) is 5.73 Å². The summed E-state index contributed by atoms with van der Waals surface area (Å²) in [6, 6.07) is 0. The number of hydrogen-bond donors (Lipinski definition) is 1. The number of thioether (sulfide) groups is 1. The van der Waals surface area contributed by atoms with Crippen LogP contribution in [0.4, 0.5) is 0 Å². The summed E-state index contributed by atoms with van der Waals surface area (Å²) in [4.78, 5) is 31.0. The second kappa shape index (κ2) is 4.90. The zero-order chi connectivity index (χ0) is 8.85. The average molecular weight is 175 g/mol. The lowest BCUT2D eigenvalue weighted by molar-refractivity contribution is -0.119. The van der Waals surface area contributed by atoms with Crippen molar-refractivity contribution in [3.8, 4) is 0 Å². The van der Waals surface area contributed by atoms with E-state index in [1.165, 1.54) is 6.92 Å². The second-order valence-corrected chi connectivity index (χ2v) is 3.28. The Bertz CT molecular complexity index is 181. The predicted octanol–water partition coefficient (Wildman–Crippen LogP) is -0.291. The van der Waals surface area contributed by atoms with E-state index in [0.717, 1.165) is 11.8 Å². The van der Waals surface area contributed by atoms with Crippen LogP contribution in [0.3, 0.4) is 0 Å². The first kappa shape index (κ1) is 10.2. The van der Waals surface area contributed by atoms with Gasteiger partial charge in [-0.15, -0.1) is 0 Å². The molecule has 4 nitrogen and oxygen atoms in total. The molecule has 0 saturated carbocycles. The summed E-state index contributed by atoms with van der Waals surface area (Å²) in [6.07, 6.45) is 0.574. The third-order valence-corrected chi connectivity index (χ3v) is 1.98. The highest BCUT2D eigenvalue weighted by atomic mass is 32.2. The van der Waals surface area contributed by atoms with Gasteiger partial charge in [-0.3, -0.25) is 9.59 Å². The molecule has 1 amide bonds. The molecule has 0 heterocycles. The van der Waals surface area contributed by atoms with Crippen LogP contribution in [0.2, 0.25) is 0 Å². The molecule has 1 unspecified atom stereocenters. The SMILES string of the molecule is CC(=O)SC(CC=O)C(N)=O. The third-order valence-electron chi connectivity index (χ3n) is 0.936. The largest absolute Gasteiger partial charge is 0.369 e. The lowest BCUT2D eigenvalue weighted by atomic mass is 10.3. The third kappa shape index (κ3) is 4.55. The molecule has 0 aliphatic carbocycles. The number of carbonyl (C=O) groups is 3. The Morgan fingerprint density at radius 2 is 2.18 bits per heavy atom. The van der Waals surface area contributed by atoms with Crippen molar-refractivity contribution in [3.63, 3.8) is 0 Å². The van der Waals surface area contributed by atoms with Gasteiger partial charge in [-0.1, -0.05) is 11.8 Å². The highest BCUT2D eigenvalue weighted by molar-refractivity contribution is 8.14. The number of primary amides is 1. The van der Waals surface area contributed by atoms with E-state index in [9.17, 15) is 14.4 Å². The van der Waals surface area contributed by atoms with Gasteiger partial charge in [0.05, 0.1) is 5.25 Å². The molecule has 0 rings (SSSR count). The van der Waals surface area contributed by atoms with Crippen molar-refractivity contribution in [2.75, 3.05) is 0 Å². The molecule has 0 aromatic rings. The van der Waals surface area contributed by atoms with Gasteiger partial charge < -0.3 is 10.5 Å². The van der Waals surface area contributed by atoms with E-state index < -0.39 is 11.2 Å². The van der Waals surface area contributed by atoms with E-state index in [2.05, 4.69) is 0 Å². The van der Waals surface area contributed by atoms with Gasteiger partial charge >= 0.3 is 0 Å². The Kier molecular flexibility index (Phi) is 4.52. The summed E-state index contributed by atoms with van der Waals surface area (Å²) in [5.41, 5.74) is 4.90. The van der Waals surface area contributed by atoms with Gasteiger partial charge in [0.15, 0.2) is 5.12 Å². The Hall–Kier alpha value is -0.840. The smallest absolute Gasteiger partial charge is 0.231 e. The average Bonchev–Trinajstić information content (AvgIpc) is 1.86. The molecule has 0 aliphatic heterocycles. The summed E-state index contributed by atoms with van der Waals surface area (Å²) in [7, 11) is 0. The van der Waals surface area contributed by atoms with Crippen LogP contribution >= 0.6 is 11.8 Å². The molecule has 0 fully saturated rings. The van der Waals surface area contributed by atoms with E-state index in [1.54, 1.807) is 0 Å². The van der Waals surface area contributed by atoms with Gasteiger partial charge in [0.25, 0.3) is 0 Å². The maximum Gasteiger partial charge on any atom is 0.231 e. The number of hydrogen-bond acceptors (Lipinski definition) is 4. The maximum absolute atomic E-state index is 10.5. The fraction of sp³-hybridized carbons (Fsp3) is 0.500. The monoisotopic (exact) mass is 175 g/mol. The number of rotatable bonds is 4. The summed E-state index contributed by atoms with van der Waals surface area (Å²) in [5.74, 6) is -0.627. The summed E-state index contributed by atoms with van der Waals surface area (Å²) in [6.45, 7) is 1.32. The Balaban J connectivity index is 3.99. The molecule has 11 heavy (non-hydrogen) atoms. The summed E-state index contributed by atoms with van der Waals surface area (Å²) < 4.78 is 0. The summed E-state index contributed by atoms with van der Waals surface area (Å²) >= 11 is 0.788. The number of nitrogens with two attached hydrogens (primary N) is 1. The number of carbonyl (C=O) groups excluding carboxylic acids is 3. The van der Waals surface area contributed by atoms with Gasteiger partial charge in [0, 0.05) is 13.3 Å². The van der Waals surface area contributed by atoms with E-state index in [-0.39, 0.29) is 11.5 Å². The molecule has 0 aliphatic rings. The van der Waals surface area contributed by atoms with Crippen molar-refractivity contribution < 1.29 is 14.4 Å². The zero-order valence-corrected chi connectivity index (χ0v) is 6.89. The molecule has 1 atom stereocenters. The molecule has 0 radical (unpaired) electrons. The van der Waals surface area contributed by atoms with Crippen LogP contribution in [-0.2, 0) is 14.4 Å². The minimum Gasteiger partial charge on any atom is -0.369 e. The minimum atomic E-state index is -0.704. The molecule has 0 aromatic carbocycles. The molecular weight excluding hydrogens is 166 g/mol. The minimum absolute atomic E-state index is 0.000417. The Morgan fingerprint density at radius 3 is 2.45 bits per heavy atom. The first-order valence-corrected chi connectivity index (χ1v) is 3.86. The van der Waals surface area contributed by atoms with Crippen molar-refractivity contribution >= 4 is 29.1 Å². The van der Waals surface area contributed by atoms with Crippen molar-refractivity contribution in [2.45, 2.75) is 18.6 Å². The standard InChI is InChI=1S/C6H9NO3S/c1-4(9)11-5(2-3-8)6(7)10/h3,5H,2H2,1H3,(H2,7,10). The van der Waals surface area contributed by atoms with Gasteiger partial charge in [0.2, 0.25) is 5.91 Å². The van der Waals surface area contributed by atoms with E-state index in [0.29, 0.717) is 6.29 Å². The van der Waals surface area contributed by atoms with Crippen molar-refractivity contribution in [1.82, 2.24) is 0 Å². The van der Waals surface area contributed by atoms with Crippen molar-refractivity contribution in [3.05, 3.63) is 0 Å². The highest BCUT2D eigenvalue weighted by Gasteiger charge is 2.16. The van der Waals surface area contributed by atoms with Gasteiger partial charge in [0.1, 0.15) is 6.29 Å². The van der Waals surface area contributed by atoms with Crippen LogP contribution in [-0.4, -0.2) is 22.6 Å². The van der Waals surface area contributed by atoms with Crippen LogP contribution in [0.5, 0.6) is 0 Å².